The Balaban J connectivity index is 2.26. The van der Waals surface area contributed by atoms with Gasteiger partial charge in [-0.25, -0.2) is 8.42 Å². The summed E-state index contributed by atoms with van der Waals surface area (Å²) in [6.45, 7) is 5.29. The Morgan fingerprint density at radius 3 is 2.47 bits per heavy atom. The fraction of sp³-hybridized carbons (Fsp3) is 0.538. The van der Waals surface area contributed by atoms with E-state index in [1.54, 1.807) is 28.6 Å². The van der Waals surface area contributed by atoms with Crippen molar-refractivity contribution in [2.45, 2.75) is 29.4 Å². The van der Waals surface area contributed by atoms with Gasteiger partial charge in [0.25, 0.3) is 0 Å². The Morgan fingerprint density at radius 2 is 1.95 bits per heavy atom. The first kappa shape index (κ1) is 15.2. The SMILES string of the molecule is CC1(C)CN(S(=O)(=O)c2ccc(CCl)cc2)CCS1. The largest absolute Gasteiger partial charge is 0.243 e. The third-order valence-electron chi connectivity index (χ3n) is 3.11. The molecule has 1 aliphatic heterocycles. The number of alkyl halides is 1. The van der Waals surface area contributed by atoms with Crippen LogP contribution >= 0.6 is 23.4 Å². The molecule has 0 spiro atoms. The van der Waals surface area contributed by atoms with E-state index in [1.165, 1.54) is 0 Å². The van der Waals surface area contributed by atoms with Crippen molar-refractivity contribution in [2.75, 3.05) is 18.8 Å². The van der Waals surface area contributed by atoms with E-state index in [-0.39, 0.29) is 4.75 Å². The van der Waals surface area contributed by atoms with E-state index in [2.05, 4.69) is 13.8 Å². The van der Waals surface area contributed by atoms with Crippen LogP contribution in [0.1, 0.15) is 19.4 Å². The van der Waals surface area contributed by atoms with Crippen molar-refractivity contribution < 1.29 is 8.42 Å². The van der Waals surface area contributed by atoms with Crippen LogP contribution in [0, 0.1) is 0 Å². The van der Waals surface area contributed by atoms with Crippen molar-refractivity contribution in [3.63, 3.8) is 0 Å². The van der Waals surface area contributed by atoms with Gasteiger partial charge in [0.2, 0.25) is 10.0 Å². The maximum Gasteiger partial charge on any atom is 0.243 e. The number of hydrogen-bond donors (Lipinski definition) is 0. The van der Waals surface area contributed by atoms with Crippen LogP contribution in [0.15, 0.2) is 29.2 Å². The molecule has 0 amide bonds. The van der Waals surface area contributed by atoms with Gasteiger partial charge >= 0.3 is 0 Å². The third kappa shape index (κ3) is 3.45. The summed E-state index contributed by atoms with van der Waals surface area (Å²) in [5.41, 5.74) is 0.926. The summed E-state index contributed by atoms with van der Waals surface area (Å²) in [5.74, 6) is 1.24. The molecule has 0 aromatic heterocycles. The van der Waals surface area contributed by atoms with Gasteiger partial charge in [-0.1, -0.05) is 12.1 Å². The molecule has 106 valence electrons. The van der Waals surface area contributed by atoms with Crippen molar-refractivity contribution in [1.82, 2.24) is 4.31 Å². The minimum absolute atomic E-state index is 0.0264. The van der Waals surface area contributed by atoms with Crippen LogP contribution in [0.4, 0.5) is 0 Å². The maximum atomic E-state index is 12.6. The molecule has 0 atom stereocenters. The summed E-state index contributed by atoms with van der Waals surface area (Å²) >= 11 is 7.53. The van der Waals surface area contributed by atoms with Crippen molar-refractivity contribution in [3.05, 3.63) is 29.8 Å². The van der Waals surface area contributed by atoms with Gasteiger partial charge < -0.3 is 0 Å². The van der Waals surface area contributed by atoms with E-state index in [0.29, 0.717) is 23.9 Å². The highest BCUT2D eigenvalue weighted by atomic mass is 35.5. The fourth-order valence-corrected chi connectivity index (χ4v) is 5.17. The van der Waals surface area contributed by atoms with Gasteiger partial charge in [-0.05, 0) is 31.5 Å². The maximum absolute atomic E-state index is 12.6. The van der Waals surface area contributed by atoms with Crippen molar-refractivity contribution in [2.24, 2.45) is 0 Å². The highest BCUT2D eigenvalue weighted by Crippen LogP contribution is 2.32. The number of benzene rings is 1. The van der Waals surface area contributed by atoms with Gasteiger partial charge in [-0.2, -0.15) is 16.1 Å². The molecule has 0 bridgehead atoms. The molecule has 1 aliphatic rings. The normalized spacial score (nSPS) is 20.4. The lowest BCUT2D eigenvalue weighted by Gasteiger charge is -2.36. The van der Waals surface area contributed by atoms with Crippen molar-refractivity contribution in [3.8, 4) is 0 Å². The summed E-state index contributed by atoms with van der Waals surface area (Å²) < 4.78 is 26.7. The van der Waals surface area contributed by atoms with E-state index < -0.39 is 10.0 Å². The Hall–Kier alpha value is -0.230. The second-order valence-corrected chi connectivity index (χ2v) is 9.23. The fourth-order valence-electron chi connectivity index (χ4n) is 2.08. The first-order valence-electron chi connectivity index (χ1n) is 6.14. The lowest BCUT2D eigenvalue weighted by Crippen LogP contribution is -2.46. The Labute approximate surface area is 124 Å². The molecule has 19 heavy (non-hydrogen) atoms. The lowest BCUT2D eigenvalue weighted by atomic mass is 10.2. The average molecular weight is 320 g/mol. The number of hydrogen-bond acceptors (Lipinski definition) is 3. The smallest absolute Gasteiger partial charge is 0.207 e. The van der Waals surface area contributed by atoms with Crippen LogP contribution in [0.2, 0.25) is 0 Å². The molecular formula is C13H18ClNO2S2. The molecule has 0 N–H and O–H groups in total. The van der Waals surface area contributed by atoms with Crippen LogP contribution < -0.4 is 0 Å². The number of sulfonamides is 1. The number of thioether (sulfide) groups is 1. The highest BCUT2D eigenvalue weighted by Gasteiger charge is 2.34. The molecule has 6 heteroatoms. The number of rotatable bonds is 3. The standard InChI is InChI=1S/C13H18ClNO2S2/c1-13(2)10-15(7-8-18-13)19(16,17)12-5-3-11(9-14)4-6-12/h3-6H,7-10H2,1-2H3. The summed E-state index contributed by atoms with van der Waals surface area (Å²) in [7, 11) is -3.38. The molecular weight excluding hydrogens is 302 g/mol. The molecule has 1 aromatic carbocycles. The zero-order valence-corrected chi connectivity index (χ0v) is 13.5. The quantitative estimate of drug-likeness (QED) is 0.804. The summed E-state index contributed by atoms with van der Waals surface area (Å²) in [6, 6.07) is 6.82. The van der Waals surface area contributed by atoms with Gasteiger partial charge in [0.1, 0.15) is 0 Å². The average Bonchev–Trinajstić information content (AvgIpc) is 2.37. The van der Waals surface area contributed by atoms with Gasteiger partial charge in [-0.3, -0.25) is 0 Å². The van der Waals surface area contributed by atoms with Gasteiger partial charge in [-0.15, -0.1) is 11.6 Å². The summed E-state index contributed by atoms with van der Waals surface area (Å²) in [5, 5.41) is 0. The Morgan fingerprint density at radius 1 is 1.32 bits per heavy atom. The molecule has 0 unspecified atom stereocenters. The predicted octanol–water partition coefficient (Wildman–Crippen LogP) is 2.94. The van der Waals surface area contributed by atoms with Crippen molar-refractivity contribution >= 4 is 33.4 Å². The van der Waals surface area contributed by atoms with Gasteiger partial charge in [0.15, 0.2) is 0 Å². The van der Waals surface area contributed by atoms with E-state index in [9.17, 15) is 8.42 Å². The molecule has 0 saturated carbocycles. The first-order chi connectivity index (χ1) is 8.85. The Kier molecular flexibility index (Phi) is 4.50. The van der Waals surface area contributed by atoms with Crippen LogP contribution in [0.3, 0.4) is 0 Å². The van der Waals surface area contributed by atoms with E-state index in [0.717, 1.165) is 11.3 Å². The van der Waals surface area contributed by atoms with E-state index in [1.807, 2.05) is 11.8 Å². The zero-order valence-electron chi connectivity index (χ0n) is 11.1. The number of halogens is 1. The minimum atomic E-state index is -3.38. The molecule has 3 nitrogen and oxygen atoms in total. The van der Waals surface area contributed by atoms with Crippen LogP contribution in [0.25, 0.3) is 0 Å². The topological polar surface area (TPSA) is 37.4 Å². The molecule has 0 aliphatic carbocycles. The molecule has 1 saturated heterocycles. The predicted molar refractivity (Wildman–Crippen MR) is 81.3 cm³/mol. The van der Waals surface area contributed by atoms with Crippen LogP contribution in [-0.4, -0.2) is 36.3 Å². The summed E-state index contributed by atoms with van der Waals surface area (Å²) in [4.78, 5) is 0.351. The molecule has 1 heterocycles. The lowest BCUT2D eigenvalue weighted by molar-refractivity contribution is 0.387. The first-order valence-corrected chi connectivity index (χ1v) is 9.10. The molecule has 1 aromatic rings. The highest BCUT2D eigenvalue weighted by molar-refractivity contribution is 8.00. The van der Waals surface area contributed by atoms with Crippen LogP contribution in [-0.2, 0) is 15.9 Å². The number of nitrogens with zero attached hydrogens (tertiary/aromatic N) is 1. The minimum Gasteiger partial charge on any atom is -0.207 e. The van der Waals surface area contributed by atoms with Gasteiger partial charge in [0, 0.05) is 29.5 Å². The monoisotopic (exact) mass is 319 g/mol. The second-order valence-electron chi connectivity index (χ2n) is 5.22. The van der Waals surface area contributed by atoms with Crippen LogP contribution in [0.5, 0.6) is 0 Å². The molecule has 2 rings (SSSR count). The van der Waals surface area contributed by atoms with E-state index >= 15 is 0 Å². The second kappa shape index (κ2) is 5.64. The molecule has 0 radical (unpaired) electrons. The van der Waals surface area contributed by atoms with Gasteiger partial charge in [0.05, 0.1) is 4.90 Å². The Bertz CT molecular complexity index is 540. The molecule has 1 fully saturated rings. The zero-order chi connectivity index (χ0) is 14.1. The van der Waals surface area contributed by atoms with Crippen molar-refractivity contribution in [1.29, 1.82) is 0 Å². The van der Waals surface area contributed by atoms with E-state index in [4.69, 9.17) is 11.6 Å². The summed E-state index contributed by atoms with van der Waals surface area (Å²) in [6.07, 6.45) is 0. The third-order valence-corrected chi connectivity index (χ3v) is 6.57.